The van der Waals surface area contributed by atoms with Gasteiger partial charge in [0.2, 0.25) is 0 Å². The van der Waals surface area contributed by atoms with Crippen LogP contribution in [0.1, 0.15) is 11.1 Å². The number of methoxy groups -OCH3 is 3. The molecule has 28 heavy (non-hydrogen) atoms. The summed E-state index contributed by atoms with van der Waals surface area (Å²) in [4.78, 5) is 14.9. The number of thiocarbonyl (C=S) groups is 1. The molecular weight excluding hydrogens is 418 g/mol. The lowest BCUT2D eigenvalue weighted by Gasteiger charge is -2.14. The number of hydrogen-bond donors (Lipinski definition) is 0. The molecule has 1 fully saturated rings. The Balaban J connectivity index is 1.84. The number of halogens is 1. The molecule has 1 aliphatic heterocycles. The van der Waals surface area contributed by atoms with Crippen LogP contribution in [0.2, 0.25) is 5.02 Å². The maximum absolute atomic E-state index is 12.9. The molecule has 0 bridgehead atoms. The van der Waals surface area contributed by atoms with Gasteiger partial charge in [-0.3, -0.25) is 9.69 Å². The van der Waals surface area contributed by atoms with Crippen LogP contribution in [0.4, 0.5) is 0 Å². The summed E-state index contributed by atoms with van der Waals surface area (Å²) in [5.74, 6) is 1.66. The van der Waals surface area contributed by atoms with E-state index < -0.39 is 0 Å². The first-order chi connectivity index (χ1) is 13.5. The molecule has 1 aliphatic rings. The highest BCUT2D eigenvalue weighted by molar-refractivity contribution is 8.26. The van der Waals surface area contributed by atoms with Crippen LogP contribution in [0, 0.1) is 0 Å². The molecule has 146 valence electrons. The summed E-state index contributed by atoms with van der Waals surface area (Å²) < 4.78 is 16.2. The van der Waals surface area contributed by atoms with Crippen molar-refractivity contribution in [1.82, 2.24) is 4.90 Å². The zero-order valence-corrected chi connectivity index (χ0v) is 17.9. The van der Waals surface area contributed by atoms with Crippen LogP contribution in [0.15, 0.2) is 41.3 Å². The lowest BCUT2D eigenvalue weighted by atomic mass is 10.1. The summed E-state index contributed by atoms with van der Waals surface area (Å²) in [5.41, 5.74) is 1.62. The molecule has 8 heteroatoms. The quantitative estimate of drug-likeness (QED) is 0.481. The van der Waals surface area contributed by atoms with Crippen LogP contribution in [-0.2, 0) is 11.3 Å². The topological polar surface area (TPSA) is 48.0 Å². The van der Waals surface area contributed by atoms with Gasteiger partial charge in [0.05, 0.1) is 37.8 Å². The van der Waals surface area contributed by atoms with Crippen LogP contribution < -0.4 is 14.2 Å². The fourth-order valence-corrected chi connectivity index (χ4v) is 4.13. The summed E-state index contributed by atoms with van der Waals surface area (Å²) >= 11 is 13.0. The largest absolute Gasteiger partial charge is 0.497 e. The van der Waals surface area contributed by atoms with E-state index in [1.807, 2.05) is 24.3 Å². The highest BCUT2D eigenvalue weighted by Crippen LogP contribution is 2.38. The molecule has 5 nitrogen and oxygen atoms in total. The molecule has 0 saturated carbocycles. The van der Waals surface area contributed by atoms with Gasteiger partial charge in [0, 0.05) is 6.07 Å². The van der Waals surface area contributed by atoms with E-state index in [4.69, 9.17) is 38.0 Å². The van der Waals surface area contributed by atoms with E-state index in [-0.39, 0.29) is 5.91 Å². The van der Waals surface area contributed by atoms with Gasteiger partial charge in [0.15, 0.2) is 11.5 Å². The predicted molar refractivity (Wildman–Crippen MR) is 116 cm³/mol. The van der Waals surface area contributed by atoms with Gasteiger partial charge in [-0.2, -0.15) is 0 Å². The predicted octanol–water partition coefficient (Wildman–Crippen LogP) is 4.77. The SMILES string of the molecule is COc1ccc(CN2C(=O)C(=Cc3cc(OC)c(OC)cc3Cl)SC2=S)cc1. The zero-order chi connectivity index (χ0) is 20.3. The van der Waals surface area contributed by atoms with Crippen molar-refractivity contribution in [1.29, 1.82) is 0 Å². The van der Waals surface area contributed by atoms with Crippen molar-refractivity contribution in [3.63, 3.8) is 0 Å². The highest BCUT2D eigenvalue weighted by Gasteiger charge is 2.32. The van der Waals surface area contributed by atoms with E-state index in [2.05, 4.69) is 0 Å². The average Bonchev–Trinajstić information content (AvgIpc) is 2.97. The number of benzene rings is 2. The monoisotopic (exact) mass is 435 g/mol. The second-order valence-corrected chi connectivity index (χ2v) is 7.93. The van der Waals surface area contributed by atoms with Gasteiger partial charge in [0.25, 0.3) is 5.91 Å². The van der Waals surface area contributed by atoms with Gasteiger partial charge in [-0.1, -0.05) is 47.7 Å². The van der Waals surface area contributed by atoms with Crippen molar-refractivity contribution >= 4 is 51.9 Å². The molecule has 0 aromatic heterocycles. The minimum atomic E-state index is -0.156. The molecule has 0 radical (unpaired) electrons. The second-order valence-electron chi connectivity index (χ2n) is 5.84. The minimum Gasteiger partial charge on any atom is -0.497 e. The third-order valence-corrected chi connectivity index (χ3v) is 5.87. The van der Waals surface area contributed by atoms with E-state index in [0.717, 1.165) is 11.3 Å². The van der Waals surface area contributed by atoms with Crippen molar-refractivity contribution in [2.75, 3.05) is 21.3 Å². The molecule has 0 N–H and O–H groups in total. The number of carbonyl (C=O) groups is 1. The Kier molecular flexibility index (Phi) is 6.49. The Morgan fingerprint density at radius 1 is 1.07 bits per heavy atom. The average molecular weight is 436 g/mol. The molecular formula is C20H18ClNO4S2. The van der Waals surface area contributed by atoms with Gasteiger partial charge in [-0.25, -0.2) is 0 Å². The lowest BCUT2D eigenvalue weighted by Crippen LogP contribution is -2.27. The van der Waals surface area contributed by atoms with Gasteiger partial charge in [-0.15, -0.1) is 0 Å². The van der Waals surface area contributed by atoms with E-state index in [1.165, 1.54) is 18.9 Å². The summed E-state index contributed by atoms with van der Waals surface area (Å²) in [7, 11) is 4.70. The molecule has 2 aromatic carbocycles. The maximum Gasteiger partial charge on any atom is 0.266 e. The molecule has 3 rings (SSSR count). The third-order valence-electron chi connectivity index (χ3n) is 4.16. The van der Waals surface area contributed by atoms with Crippen molar-refractivity contribution in [3.05, 3.63) is 57.5 Å². The molecule has 0 spiro atoms. The first-order valence-electron chi connectivity index (χ1n) is 8.26. The maximum atomic E-state index is 12.9. The highest BCUT2D eigenvalue weighted by atomic mass is 35.5. The molecule has 0 atom stereocenters. The summed E-state index contributed by atoms with van der Waals surface area (Å²) in [6.45, 7) is 0.395. The Labute approximate surface area is 178 Å². The number of amides is 1. The zero-order valence-electron chi connectivity index (χ0n) is 15.5. The number of ether oxygens (including phenoxy) is 3. The van der Waals surface area contributed by atoms with Gasteiger partial charge < -0.3 is 14.2 Å². The standard InChI is InChI=1S/C20H18ClNO4S2/c1-24-14-6-4-12(5-7-14)11-22-19(23)18(28-20(22)27)9-13-8-16(25-2)17(26-3)10-15(13)21/h4-10H,11H2,1-3H3. The van der Waals surface area contributed by atoms with Crippen molar-refractivity contribution in [2.45, 2.75) is 6.54 Å². The Bertz CT molecular complexity index is 944. The van der Waals surface area contributed by atoms with Crippen molar-refractivity contribution in [2.24, 2.45) is 0 Å². The Morgan fingerprint density at radius 3 is 2.32 bits per heavy atom. The molecule has 0 unspecified atom stereocenters. The summed E-state index contributed by atoms with van der Waals surface area (Å²) in [5, 5.41) is 0.457. The van der Waals surface area contributed by atoms with Crippen LogP contribution in [0.5, 0.6) is 17.2 Å². The molecule has 1 heterocycles. The summed E-state index contributed by atoms with van der Waals surface area (Å²) in [6.07, 6.45) is 1.72. The number of hydrogen-bond acceptors (Lipinski definition) is 6. The summed E-state index contributed by atoms with van der Waals surface area (Å²) in [6, 6.07) is 10.9. The van der Waals surface area contributed by atoms with Gasteiger partial charge in [0.1, 0.15) is 10.1 Å². The van der Waals surface area contributed by atoms with Crippen LogP contribution in [0.25, 0.3) is 6.08 Å². The Hall–Kier alpha value is -2.22. The first-order valence-corrected chi connectivity index (χ1v) is 9.87. The normalized spacial score (nSPS) is 15.3. The lowest BCUT2D eigenvalue weighted by molar-refractivity contribution is -0.122. The third kappa shape index (κ3) is 4.27. The molecule has 0 aliphatic carbocycles. The molecule has 1 amide bonds. The number of rotatable bonds is 6. The van der Waals surface area contributed by atoms with Crippen molar-refractivity contribution in [3.8, 4) is 17.2 Å². The smallest absolute Gasteiger partial charge is 0.266 e. The van der Waals surface area contributed by atoms with E-state index in [9.17, 15) is 4.79 Å². The molecule has 1 saturated heterocycles. The number of thioether (sulfide) groups is 1. The van der Waals surface area contributed by atoms with Crippen molar-refractivity contribution < 1.29 is 19.0 Å². The fraction of sp³-hybridized carbons (Fsp3) is 0.200. The van der Waals surface area contributed by atoms with Gasteiger partial charge >= 0.3 is 0 Å². The fourth-order valence-electron chi connectivity index (χ4n) is 2.67. The number of nitrogens with zero attached hydrogens (tertiary/aromatic N) is 1. The number of carbonyl (C=O) groups excluding carboxylic acids is 1. The van der Waals surface area contributed by atoms with E-state index >= 15 is 0 Å². The van der Waals surface area contributed by atoms with Gasteiger partial charge in [-0.05, 0) is 35.4 Å². The Morgan fingerprint density at radius 2 is 1.71 bits per heavy atom. The molecule has 2 aromatic rings. The van der Waals surface area contributed by atoms with Crippen LogP contribution in [-0.4, -0.2) is 36.5 Å². The minimum absolute atomic E-state index is 0.156. The van der Waals surface area contributed by atoms with Crippen LogP contribution >= 0.6 is 35.6 Å². The van der Waals surface area contributed by atoms with E-state index in [0.29, 0.717) is 37.9 Å². The second kappa shape index (κ2) is 8.86. The van der Waals surface area contributed by atoms with Crippen LogP contribution in [0.3, 0.4) is 0 Å². The van der Waals surface area contributed by atoms with E-state index in [1.54, 1.807) is 37.3 Å². The first kappa shape index (κ1) is 20.5.